The summed E-state index contributed by atoms with van der Waals surface area (Å²) in [5.41, 5.74) is 0. The first-order valence-electron chi connectivity index (χ1n) is 5.93. The molecule has 1 saturated heterocycles. The molecule has 1 aliphatic heterocycles. The van der Waals surface area contributed by atoms with Crippen molar-refractivity contribution in [3.63, 3.8) is 0 Å². The van der Waals surface area contributed by atoms with Crippen molar-refractivity contribution < 1.29 is 8.42 Å². The van der Waals surface area contributed by atoms with E-state index in [9.17, 15) is 8.42 Å². The molecule has 1 heterocycles. The Labute approximate surface area is 111 Å². The zero-order valence-electron chi connectivity index (χ0n) is 10.4. The highest BCUT2D eigenvalue weighted by molar-refractivity contribution is 7.89. The van der Waals surface area contributed by atoms with Gasteiger partial charge in [0.1, 0.15) is 0 Å². The molecule has 6 heteroatoms. The Morgan fingerprint density at radius 2 is 2.24 bits per heavy atom. The molecule has 0 amide bonds. The molecular weight excluding hydrogens is 260 g/mol. The van der Waals surface area contributed by atoms with Gasteiger partial charge < -0.3 is 5.32 Å². The average molecular weight is 283 g/mol. The summed E-state index contributed by atoms with van der Waals surface area (Å²) in [6.07, 6.45) is 3.98. The molecule has 0 radical (unpaired) electrons. The van der Waals surface area contributed by atoms with E-state index in [-0.39, 0.29) is 24.2 Å². The van der Waals surface area contributed by atoms with Gasteiger partial charge in [0, 0.05) is 19.1 Å². The van der Waals surface area contributed by atoms with Gasteiger partial charge in [-0.2, -0.15) is 4.31 Å². The lowest BCUT2D eigenvalue weighted by Crippen LogP contribution is -2.43. The molecule has 0 saturated carbocycles. The van der Waals surface area contributed by atoms with Gasteiger partial charge in [-0.1, -0.05) is 13.0 Å². The molecule has 1 rings (SSSR count). The molecule has 1 fully saturated rings. The Morgan fingerprint density at radius 1 is 1.53 bits per heavy atom. The zero-order valence-corrected chi connectivity index (χ0v) is 12.0. The summed E-state index contributed by atoms with van der Waals surface area (Å²) >= 11 is 0. The summed E-state index contributed by atoms with van der Waals surface area (Å²) in [5.74, 6) is 0.188. The van der Waals surface area contributed by atoms with Crippen molar-refractivity contribution in [2.75, 3.05) is 25.4 Å². The molecule has 17 heavy (non-hydrogen) atoms. The van der Waals surface area contributed by atoms with E-state index in [1.807, 2.05) is 6.92 Å². The maximum absolute atomic E-state index is 12.1. The number of hydrogen-bond acceptors (Lipinski definition) is 3. The summed E-state index contributed by atoms with van der Waals surface area (Å²) in [5, 5.41) is 3.21. The lowest BCUT2D eigenvalue weighted by molar-refractivity contribution is 0.335. The van der Waals surface area contributed by atoms with Gasteiger partial charge in [0.15, 0.2) is 0 Å². The minimum absolute atomic E-state index is 0. The standard InChI is InChI=1S/C11H22N2O2S.ClH/c1-3-5-9-16(14,15)13(8-4-2)11-6-7-12-10-11;/h3,11-12H,1,4-10H2,2H3;1H. The van der Waals surface area contributed by atoms with Crippen LogP contribution in [-0.2, 0) is 10.0 Å². The van der Waals surface area contributed by atoms with Gasteiger partial charge in [-0.15, -0.1) is 19.0 Å². The van der Waals surface area contributed by atoms with Crippen LogP contribution >= 0.6 is 12.4 Å². The zero-order chi connectivity index (χ0) is 12.0. The Bertz CT molecular complexity index is 313. The Morgan fingerprint density at radius 3 is 2.71 bits per heavy atom. The van der Waals surface area contributed by atoms with E-state index < -0.39 is 10.0 Å². The van der Waals surface area contributed by atoms with E-state index in [1.165, 1.54) is 0 Å². The second kappa shape index (κ2) is 8.08. The third-order valence-corrected chi connectivity index (χ3v) is 4.77. The molecule has 0 spiro atoms. The Kier molecular flexibility index (Phi) is 8.03. The molecule has 0 aliphatic carbocycles. The van der Waals surface area contributed by atoms with Crippen molar-refractivity contribution in [3.8, 4) is 0 Å². The smallest absolute Gasteiger partial charge is 0.214 e. The first kappa shape index (κ1) is 16.9. The number of sulfonamides is 1. The van der Waals surface area contributed by atoms with Crippen LogP contribution in [0.15, 0.2) is 12.7 Å². The Hall–Kier alpha value is -0.100. The third kappa shape index (κ3) is 4.95. The molecule has 0 aromatic heterocycles. The summed E-state index contributed by atoms with van der Waals surface area (Å²) in [6.45, 7) is 7.92. The van der Waals surface area contributed by atoms with Gasteiger partial charge in [-0.25, -0.2) is 8.42 Å². The molecule has 4 nitrogen and oxygen atoms in total. The normalized spacial score (nSPS) is 20.2. The number of nitrogens with one attached hydrogen (secondary N) is 1. The van der Waals surface area contributed by atoms with Crippen LogP contribution in [0.5, 0.6) is 0 Å². The fourth-order valence-electron chi connectivity index (χ4n) is 2.00. The van der Waals surface area contributed by atoms with Crippen molar-refractivity contribution in [3.05, 3.63) is 12.7 Å². The van der Waals surface area contributed by atoms with Gasteiger partial charge in [-0.05, 0) is 25.8 Å². The van der Waals surface area contributed by atoms with E-state index in [0.29, 0.717) is 13.0 Å². The van der Waals surface area contributed by atoms with Crippen molar-refractivity contribution >= 4 is 22.4 Å². The lowest BCUT2D eigenvalue weighted by atomic mass is 10.2. The van der Waals surface area contributed by atoms with Crippen LogP contribution in [-0.4, -0.2) is 44.2 Å². The number of nitrogens with zero attached hydrogens (tertiary/aromatic N) is 1. The first-order chi connectivity index (χ1) is 7.61. The minimum atomic E-state index is -3.11. The number of halogens is 1. The highest BCUT2D eigenvalue weighted by Crippen LogP contribution is 2.15. The maximum atomic E-state index is 12.1. The van der Waals surface area contributed by atoms with E-state index >= 15 is 0 Å². The van der Waals surface area contributed by atoms with Crippen LogP contribution in [0.1, 0.15) is 26.2 Å². The second-order valence-corrected chi connectivity index (χ2v) is 6.19. The van der Waals surface area contributed by atoms with Gasteiger partial charge in [0.2, 0.25) is 10.0 Å². The molecule has 1 aliphatic rings. The van der Waals surface area contributed by atoms with Crippen molar-refractivity contribution in [2.45, 2.75) is 32.2 Å². The van der Waals surface area contributed by atoms with E-state index in [1.54, 1.807) is 10.4 Å². The largest absolute Gasteiger partial charge is 0.315 e. The Balaban J connectivity index is 0.00000256. The number of allylic oxidation sites excluding steroid dienone is 1. The number of hydrogen-bond donors (Lipinski definition) is 1. The van der Waals surface area contributed by atoms with Gasteiger partial charge >= 0.3 is 0 Å². The van der Waals surface area contributed by atoms with Crippen LogP contribution in [0.3, 0.4) is 0 Å². The topological polar surface area (TPSA) is 49.4 Å². The highest BCUT2D eigenvalue weighted by Gasteiger charge is 2.30. The molecule has 1 atom stereocenters. The van der Waals surface area contributed by atoms with Crippen molar-refractivity contribution in [2.24, 2.45) is 0 Å². The summed E-state index contributed by atoms with van der Waals surface area (Å²) in [7, 11) is -3.11. The fourth-order valence-corrected chi connectivity index (χ4v) is 3.80. The SMILES string of the molecule is C=CCCS(=O)(=O)N(CCC)C1CCNC1.Cl. The molecule has 0 aromatic rings. The molecule has 102 valence electrons. The maximum Gasteiger partial charge on any atom is 0.214 e. The van der Waals surface area contributed by atoms with Crippen LogP contribution in [0.2, 0.25) is 0 Å². The lowest BCUT2D eigenvalue weighted by Gasteiger charge is -2.27. The van der Waals surface area contributed by atoms with Gasteiger partial charge in [-0.3, -0.25) is 0 Å². The van der Waals surface area contributed by atoms with Gasteiger partial charge in [0.05, 0.1) is 5.75 Å². The monoisotopic (exact) mass is 282 g/mol. The molecule has 1 N–H and O–H groups in total. The van der Waals surface area contributed by atoms with Crippen LogP contribution in [0.4, 0.5) is 0 Å². The van der Waals surface area contributed by atoms with E-state index in [2.05, 4.69) is 11.9 Å². The van der Waals surface area contributed by atoms with Crippen LogP contribution in [0.25, 0.3) is 0 Å². The quantitative estimate of drug-likeness (QED) is 0.718. The highest BCUT2D eigenvalue weighted by atomic mass is 35.5. The number of rotatable bonds is 7. The van der Waals surface area contributed by atoms with Crippen molar-refractivity contribution in [1.82, 2.24) is 9.62 Å². The predicted octanol–water partition coefficient (Wildman–Crippen LogP) is 1.39. The van der Waals surface area contributed by atoms with Gasteiger partial charge in [0.25, 0.3) is 0 Å². The molecule has 0 aromatic carbocycles. The van der Waals surface area contributed by atoms with Crippen LogP contribution in [0, 0.1) is 0 Å². The average Bonchev–Trinajstić information content (AvgIpc) is 2.76. The first-order valence-corrected chi connectivity index (χ1v) is 7.54. The minimum Gasteiger partial charge on any atom is -0.315 e. The fraction of sp³-hybridized carbons (Fsp3) is 0.818. The molecular formula is C11H23ClN2O2S. The predicted molar refractivity (Wildman–Crippen MR) is 74.1 cm³/mol. The summed E-state index contributed by atoms with van der Waals surface area (Å²) in [4.78, 5) is 0. The van der Waals surface area contributed by atoms with Crippen LogP contribution < -0.4 is 5.32 Å². The van der Waals surface area contributed by atoms with Crippen molar-refractivity contribution in [1.29, 1.82) is 0 Å². The molecule has 1 unspecified atom stereocenters. The second-order valence-electron chi connectivity index (χ2n) is 4.15. The van der Waals surface area contributed by atoms with E-state index in [0.717, 1.165) is 25.9 Å². The summed E-state index contributed by atoms with van der Waals surface area (Å²) < 4.78 is 25.9. The van der Waals surface area contributed by atoms with E-state index in [4.69, 9.17) is 0 Å². The molecule has 0 bridgehead atoms. The summed E-state index contributed by atoms with van der Waals surface area (Å²) in [6, 6.07) is 0.148. The third-order valence-electron chi connectivity index (χ3n) is 2.82.